The number of benzene rings is 2. The van der Waals surface area contributed by atoms with E-state index in [-0.39, 0.29) is 5.91 Å². The third-order valence-electron chi connectivity index (χ3n) is 3.07. The van der Waals surface area contributed by atoms with Gasteiger partial charge in [-0.25, -0.2) is 0 Å². The van der Waals surface area contributed by atoms with Crippen molar-refractivity contribution in [2.45, 2.75) is 6.54 Å². The average Bonchev–Trinajstić information content (AvgIpc) is 2.47. The summed E-state index contributed by atoms with van der Waals surface area (Å²) in [5, 5.41) is 2.88. The van der Waals surface area contributed by atoms with Crippen molar-refractivity contribution in [2.24, 2.45) is 5.73 Å². The van der Waals surface area contributed by atoms with Crippen LogP contribution in [0.1, 0.15) is 15.9 Å². The molecular formula is C16H19N3O. The number of nitrogens with two attached hydrogens (primary N) is 1. The van der Waals surface area contributed by atoms with E-state index in [0.29, 0.717) is 12.1 Å². The van der Waals surface area contributed by atoms with Crippen LogP contribution in [0.15, 0.2) is 48.5 Å². The second-order valence-electron chi connectivity index (χ2n) is 4.80. The molecule has 1 amide bonds. The van der Waals surface area contributed by atoms with Gasteiger partial charge in [0.15, 0.2) is 0 Å². The fourth-order valence-corrected chi connectivity index (χ4v) is 1.89. The Morgan fingerprint density at radius 3 is 2.45 bits per heavy atom. The molecule has 0 unspecified atom stereocenters. The van der Waals surface area contributed by atoms with E-state index in [0.717, 1.165) is 16.9 Å². The molecule has 3 N–H and O–H groups in total. The normalized spacial score (nSPS) is 10.2. The average molecular weight is 269 g/mol. The Hall–Kier alpha value is -2.33. The van der Waals surface area contributed by atoms with Gasteiger partial charge in [-0.05, 0) is 42.0 Å². The van der Waals surface area contributed by atoms with Crippen LogP contribution in [0.5, 0.6) is 0 Å². The first-order chi connectivity index (χ1) is 9.60. The number of nitrogens with zero attached hydrogens (tertiary/aromatic N) is 1. The molecule has 4 heteroatoms. The van der Waals surface area contributed by atoms with E-state index in [9.17, 15) is 4.79 Å². The lowest BCUT2D eigenvalue weighted by Gasteiger charge is -2.13. The smallest absolute Gasteiger partial charge is 0.255 e. The summed E-state index contributed by atoms with van der Waals surface area (Å²) in [5.74, 6) is -0.127. The molecule has 20 heavy (non-hydrogen) atoms. The SMILES string of the molecule is CN(C)c1ccc(NC(=O)c2cccc(CN)c2)cc1. The van der Waals surface area contributed by atoms with Gasteiger partial charge in [0, 0.05) is 37.6 Å². The van der Waals surface area contributed by atoms with Crippen LogP contribution < -0.4 is 16.0 Å². The van der Waals surface area contributed by atoms with Crippen LogP contribution in [-0.2, 0) is 6.54 Å². The molecule has 0 bridgehead atoms. The van der Waals surface area contributed by atoms with Gasteiger partial charge in [0.25, 0.3) is 5.91 Å². The second kappa shape index (κ2) is 6.21. The van der Waals surface area contributed by atoms with Gasteiger partial charge in [0.05, 0.1) is 0 Å². The number of rotatable bonds is 4. The molecule has 0 aromatic heterocycles. The molecule has 0 aliphatic heterocycles. The monoisotopic (exact) mass is 269 g/mol. The van der Waals surface area contributed by atoms with E-state index in [1.165, 1.54) is 0 Å². The quantitative estimate of drug-likeness (QED) is 0.896. The van der Waals surface area contributed by atoms with Crippen molar-refractivity contribution in [1.82, 2.24) is 0 Å². The number of hydrogen-bond acceptors (Lipinski definition) is 3. The Bertz CT molecular complexity index is 591. The lowest BCUT2D eigenvalue weighted by molar-refractivity contribution is 0.102. The minimum absolute atomic E-state index is 0.127. The minimum atomic E-state index is -0.127. The van der Waals surface area contributed by atoms with Crippen molar-refractivity contribution in [3.8, 4) is 0 Å². The van der Waals surface area contributed by atoms with E-state index >= 15 is 0 Å². The Morgan fingerprint density at radius 2 is 1.85 bits per heavy atom. The summed E-state index contributed by atoms with van der Waals surface area (Å²) in [5.41, 5.74) is 9.01. The Kier molecular flexibility index (Phi) is 4.38. The second-order valence-corrected chi connectivity index (χ2v) is 4.80. The fraction of sp³-hybridized carbons (Fsp3) is 0.188. The highest BCUT2D eigenvalue weighted by molar-refractivity contribution is 6.04. The highest BCUT2D eigenvalue weighted by Gasteiger charge is 2.06. The summed E-state index contributed by atoms with van der Waals surface area (Å²) in [6.45, 7) is 0.429. The Morgan fingerprint density at radius 1 is 1.15 bits per heavy atom. The van der Waals surface area contributed by atoms with Crippen LogP contribution >= 0.6 is 0 Å². The molecule has 0 saturated heterocycles. The Labute approximate surface area is 119 Å². The Balaban J connectivity index is 2.10. The van der Waals surface area contributed by atoms with Crippen molar-refractivity contribution in [3.05, 3.63) is 59.7 Å². The molecule has 0 fully saturated rings. The molecule has 0 spiro atoms. The highest BCUT2D eigenvalue weighted by atomic mass is 16.1. The molecule has 2 aromatic carbocycles. The van der Waals surface area contributed by atoms with E-state index in [1.807, 2.05) is 61.5 Å². The first-order valence-electron chi connectivity index (χ1n) is 6.48. The first-order valence-corrected chi connectivity index (χ1v) is 6.48. The first kappa shape index (κ1) is 14.1. The molecule has 0 atom stereocenters. The predicted molar refractivity (Wildman–Crippen MR) is 83.1 cm³/mol. The van der Waals surface area contributed by atoms with Gasteiger partial charge in [0.1, 0.15) is 0 Å². The number of hydrogen-bond donors (Lipinski definition) is 2. The van der Waals surface area contributed by atoms with E-state index < -0.39 is 0 Å². The largest absolute Gasteiger partial charge is 0.378 e. The van der Waals surface area contributed by atoms with Crippen LogP contribution in [-0.4, -0.2) is 20.0 Å². The van der Waals surface area contributed by atoms with Crippen LogP contribution in [0.2, 0.25) is 0 Å². The zero-order valence-electron chi connectivity index (χ0n) is 11.8. The van der Waals surface area contributed by atoms with Crippen molar-refractivity contribution in [3.63, 3.8) is 0 Å². The van der Waals surface area contributed by atoms with Gasteiger partial charge in [0.2, 0.25) is 0 Å². The van der Waals surface area contributed by atoms with Crippen molar-refractivity contribution >= 4 is 17.3 Å². The van der Waals surface area contributed by atoms with Crippen LogP contribution in [0.4, 0.5) is 11.4 Å². The van der Waals surface area contributed by atoms with Gasteiger partial charge >= 0.3 is 0 Å². The standard InChI is InChI=1S/C16H19N3O/c1-19(2)15-8-6-14(7-9-15)18-16(20)13-5-3-4-12(10-13)11-17/h3-10H,11,17H2,1-2H3,(H,18,20). The number of nitrogens with one attached hydrogen (secondary N) is 1. The minimum Gasteiger partial charge on any atom is -0.378 e. The highest BCUT2D eigenvalue weighted by Crippen LogP contribution is 2.16. The maximum absolute atomic E-state index is 12.1. The zero-order chi connectivity index (χ0) is 14.5. The summed E-state index contributed by atoms with van der Waals surface area (Å²) >= 11 is 0. The number of carbonyl (C=O) groups is 1. The van der Waals surface area contributed by atoms with Crippen molar-refractivity contribution < 1.29 is 4.79 Å². The summed E-state index contributed by atoms with van der Waals surface area (Å²) in [6.07, 6.45) is 0. The molecule has 0 aliphatic carbocycles. The van der Waals surface area contributed by atoms with Crippen LogP contribution in [0.3, 0.4) is 0 Å². The summed E-state index contributed by atoms with van der Waals surface area (Å²) in [4.78, 5) is 14.1. The number of anilines is 2. The molecular weight excluding hydrogens is 250 g/mol. The molecule has 104 valence electrons. The summed E-state index contributed by atoms with van der Waals surface area (Å²) in [6, 6.07) is 15.0. The lowest BCUT2D eigenvalue weighted by atomic mass is 10.1. The molecule has 4 nitrogen and oxygen atoms in total. The third-order valence-corrected chi connectivity index (χ3v) is 3.07. The lowest BCUT2D eigenvalue weighted by Crippen LogP contribution is -2.13. The van der Waals surface area contributed by atoms with E-state index in [2.05, 4.69) is 5.32 Å². The number of amides is 1. The molecule has 0 heterocycles. The van der Waals surface area contributed by atoms with E-state index in [4.69, 9.17) is 5.73 Å². The zero-order valence-corrected chi connectivity index (χ0v) is 11.8. The van der Waals surface area contributed by atoms with Crippen LogP contribution in [0, 0.1) is 0 Å². The maximum Gasteiger partial charge on any atom is 0.255 e. The van der Waals surface area contributed by atoms with Gasteiger partial charge in [-0.1, -0.05) is 12.1 Å². The molecule has 0 radical (unpaired) electrons. The van der Waals surface area contributed by atoms with Gasteiger partial charge in [-0.3, -0.25) is 4.79 Å². The molecule has 0 saturated carbocycles. The van der Waals surface area contributed by atoms with Gasteiger partial charge in [-0.2, -0.15) is 0 Å². The van der Waals surface area contributed by atoms with Gasteiger partial charge in [-0.15, -0.1) is 0 Å². The fourth-order valence-electron chi connectivity index (χ4n) is 1.89. The topological polar surface area (TPSA) is 58.4 Å². The third kappa shape index (κ3) is 3.36. The van der Waals surface area contributed by atoms with Crippen molar-refractivity contribution in [1.29, 1.82) is 0 Å². The molecule has 0 aliphatic rings. The molecule has 2 aromatic rings. The summed E-state index contributed by atoms with van der Waals surface area (Å²) in [7, 11) is 3.96. The van der Waals surface area contributed by atoms with Gasteiger partial charge < -0.3 is 16.0 Å². The molecule has 2 rings (SSSR count). The van der Waals surface area contributed by atoms with Crippen molar-refractivity contribution in [2.75, 3.05) is 24.3 Å². The summed E-state index contributed by atoms with van der Waals surface area (Å²) < 4.78 is 0. The number of carbonyl (C=O) groups excluding carboxylic acids is 1. The predicted octanol–water partition coefficient (Wildman–Crippen LogP) is 2.46. The van der Waals surface area contributed by atoms with E-state index in [1.54, 1.807) is 6.07 Å². The van der Waals surface area contributed by atoms with Crippen LogP contribution in [0.25, 0.3) is 0 Å². The maximum atomic E-state index is 12.1.